The normalized spacial score (nSPS) is 13.1. The zero-order chi connectivity index (χ0) is 14.9. The molecule has 0 aliphatic heterocycles. The summed E-state index contributed by atoms with van der Waals surface area (Å²) in [5.74, 6) is 0.382. The van der Waals surface area contributed by atoms with E-state index >= 15 is 0 Å². The van der Waals surface area contributed by atoms with Crippen LogP contribution in [-0.2, 0) is 14.3 Å². The average molecular weight is 307 g/mol. The van der Waals surface area contributed by atoms with Gasteiger partial charge < -0.3 is 10.5 Å². The Morgan fingerprint density at radius 2 is 1.89 bits per heavy atom. The van der Waals surface area contributed by atoms with Crippen molar-refractivity contribution in [2.45, 2.75) is 57.7 Å². The number of carbonyl (C=O) groups excluding carboxylic acids is 2. The van der Waals surface area contributed by atoms with Crippen molar-refractivity contribution in [3.8, 4) is 0 Å². The van der Waals surface area contributed by atoms with Gasteiger partial charge >= 0.3 is 5.97 Å². The second-order valence-electron chi connectivity index (χ2n) is 5.21. The fourth-order valence-corrected chi connectivity index (χ4v) is 3.66. The summed E-state index contributed by atoms with van der Waals surface area (Å²) in [4.78, 5) is 22.8. The van der Waals surface area contributed by atoms with E-state index in [1.165, 1.54) is 0 Å². The van der Waals surface area contributed by atoms with Crippen LogP contribution in [-0.4, -0.2) is 34.9 Å². The van der Waals surface area contributed by atoms with Gasteiger partial charge in [0.1, 0.15) is 5.78 Å². The van der Waals surface area contributed by atoms with Crippen molar-refractivity contribution in [3.63, 3.8) is 0 Å². The molecule has 2 N–H and O–H groups in total. The fourth-order valence-electron chi connectivity index (χ4n) is 1.20. The van der Waals surface area contributed by atoms with Crippen LogP contribution in [0.4, 0.5) is 0 Å². The predicted octanol–water partition coefficient (Wildman–Crippen LogP) is 2.80. The van der Waals surface area contributed by atoms with Gasteiger partial charge in [-0.3, -0.25) is 9.59 Å². The van der Waals surface area contributed by atoms with Gasteiger partial charge in [-0.25, -0.2) is 0 Å². The van der Waals surface area contributed by atoms with Gasteiger partial charge in [-0.15, -0.1) is 0 Å². The van der Waals surface area contributed by atoms with Crippen LogP contribution < -0.4 is 5.73 Å². The van der Waals surface area contributed by atoms with E-state index < -0.39 is 6.04 Å². The lowest BCUT2D eigenvalue weighted by atomic mass is 10.1. The topological polar surface area (TPSA) is 69.4 Å². The molecule has 0 aromatic heterocycles. The summed E-state index contributed by atoms with van der Waals surface area (Å²) in [5, 5.41) is 0. The lowest BCUT2D eigenvalue weighted by molar-refractivity contribution is -0.143. The molecule has 0 aromatic rings. The molecule has 0 saturated carbocycles. The number of ketones is 1. The molecular formula is C13H25NO3S2. The highest BCUT2D eigenvalue weighted by Crippen LogP contribution is 2.35. The van der Waals surface area contributed by atoms with Gasteiger partial charge in [0, 0.05) is 23.3 Å². The number of hydrogen-bond donors (Lipinski definition) is 1. The number of rotatable bonds is 9. The average Bonchev–Trinajstić information content (AvgIpc) is 2.27. The Bertz CT molecular complexity index is 290. The summed E-state index contributed by atoms with van der Waals surface area (Å²) in [5.41, 5.74) is 5.82. The van der Waals surface area contributed by atoms with E-state index in [0.29, 0.717) is 25.2 Å². The lowest BCUT2D eigenvalue weighted by Gasteiger charge is -2.17. The Morgan fingerprint density at radius 1 is 1.26 bits per heavy atom. The molecule has 0 radical (unpaired) electrons. The van der Waals surface area contributed by atoms with Crippen molar-refractivity contribution in [2.24, 2.45) is 5.73 Å². The molecule has 0 fully saturated rings. The van der Waals surface area contributed by atoms with Gasteiger partial charge in [0.15, 0.2) is 0 Å². The SMILES string of the molecule is CCOC(=O)CCCC(=O)[C@@H](N)CSSC(C)(C)C. The van der Waals surface area contributed by atoms with Crippen LogP contribution in [0.2, 0.25) is 0 Å². The predicted molar refractivity (Wildman–Crippen MR) is 83.3 cm³/mol. The van der Waals surface area contributed by atoms with E-state index in [1.807, 2.05) is 0 Å². The Balaban J connectivity index is 3.73. The molecule has 0 unspecified atom stereocenters. The third kappa shape index (κ3) is 11.3. The molecule has 0 aliphatic rings. The van der Waals surface area contributed by atoms with Gasteiger partial charge in [0.25, 0.3) is 0 Å². The van der Waals surface area contributed by atoms with E-state index in [-0.39, 0.29) is 22.9 Å². The third-order valence-electron chi connectivity index (χ3n) is 2.08. The standard InChI is InChI=1S/C13H25NO3S2/c1-5-17-12(16)8-6-7-11(15)10(14)9-18-19-13(2,3)4/h10H,5-9,14H2,1-4H3/t10-/m0/s1. The first kappa shape index (κ1) is 18.8. The summed E-state index contributed by atoms with van der Waals surface area (Å²) < 4.78 is 4.96. The van der Waals surface area contributed by atoms with Crippen LogP contribution in [0.3, 0.4) is 0 Å². The van der Waals surface area contributed by atoms with Crippen LogP contribution >= 0.6 is 21.6 Å². The van der Waals surface area contributed by atoms with E-state index in [0.717, 1.165) is 0 Å². The summed E-state index contributed by atoms with van der Waals surface area (Å²) in [6, 6.07) is -0.443. The molecule has 19 heavy (non-hydrogen) atoms. The first-order valence-electron chi connectivity index (χ1n) is 6.50. The maximum Gasteiger partial charge on any atom is 0.305 e. The first-order valence-corrected chi connectivity index (χ1v) is 8.82. The number of esters is 1. The van der Waals surface area contributed by atoms with Crippen molar-refractivity contribution in [1.29, 1.82) is 0 Å². The van der Waals surface area contributed by atoms with Gasteiger partial charge in [-0.05, 0) is 13.3 Å². The van der Waals surface area contributed by atoms with E-state index in [2.05, 4.69) is 20.8 Å². The van der Waals surface area contributed by atoms with Crippen LogP contribution in [0.5, 0.6) is 0 Å². The Hall–Kier alpha value is -0.200. The van der Waals surface area contributed by atoms with Crippen LogP contribution in [0.1, 0.15) is 47.0 Å². The van der Waals surface area contributed by atoms with Gasteiger partial charge in [-0.2, -0.15) is 0 Å². The van der Waals surface area contributed by atoms with Gasteiger partial charge in [-0.1, -0.05) is 42.4 Å². The highest BCUT2D eigenvalue weighted by molar-refractivity contribution is 8.77. The Kier molecular flexibility index (Phi) is 9.56. The summed E-state index contributed by atoms with van der Waals surface area (Å²) >= 11 is 0. The molecule has 0 saturated heterocycles. The molecule has 0 aromatic carbocycles. The second kappa shape index (κ2) is 9.66. The zero-order valence-electron chi connectivity index (χ0n) is 12.2. The Morgan fingerprint density at radius 3 is 2.42 bits per heavy atom. The molecule has 0 aliphatic carbocycles. The molecule has 112 valence electrons. The summed E-state index contributed by atoms with van der Waals surface area (Å²) in [6.45, 7) is 8.52. The molecule has 0 spiro atoms. The molecule has 0 heterocycles. The zero-order valence-corrected chi connectivity index (χ0v) is 13.9. The number of nitrogens with two attached hydrogens (primary N) is 1. The minimum absolute atomic E-state index is 0.0197. The smallest absolute Gasteiger partial charge is 0.305 e. The van der Waals surface area contributed by atoms with E-state index in [1.54, 1.807) is 28.5 Å². The van der Waals surface area contributed by atoms with Gasteiger partial charge in [0.05, 0.1) is 12.6 Å². The second-order valence-corrected chi connectivity index (χ2v) is 8.38. The van der Waals surface area contributed by atoms with Gasteiger partial charge in [0.2, 0.25) is 0 Å². The lowest BCUT2D eigenvalue weighted by Crippen LogP contribution is -2.32. The van der Waals surface area contributed by atoms with Crippen LogP contribution in [0.25, 0.3) is 0 Å². The maximum atomic E-state index is 11.7. The van der Waals surface area contributed by atoms with Crippen molar-refractivity contribution >= 4 is 33.3 Å². The largest absolute Gasteiger partial charge is 0.466 e. The molecule has 6 heteroatoms. The molecule has 1 atom stereocenters. The monoisotopic (exact) mass is 307 g/mol. The highest BCUT2D eigenvalue weighted by Gasteiger charge is 2.17. The highest BCUT2D eigenvalue weighted by atomic mass is 33.1. The summed E-state index contributed by atoms with van der Waals surface area (Å²) in [7, 11) is 3.35. The van der Waals surface area contributed by atoms with Crippen LogP contribution in [0, 0.1) is 0 Å². The Labute approximate surface area is 124 Å². The van der Waals surface area contributed by atoms with E-state index in [9.17, 15) is 9.59 Å². The van der Waals surface area contributed by atoms with Crippen LogP contribution in [0.15, 0.2) is 0 Å². The number of Topliss-reactive ketones (excluding diaryl/α,β-unsaturated/α-hetero) is 1. The van der Waals surface area contributed by atoms with Crippen molar-refractivity contribution in [2.75, 3.05) is 12.4 Å². The maximum absolute atomic E-state index is 11.7. The number of carbonyl (C=O) groups is 2. The quantitative estimate of drug-likeness (QED) is 0.522. The van der Waals surface area contributed by atoms with E-state index in [4.69, 9.17) is 10.5 Å². The minimum atomic E-state index is -0.443. The van der Waals surface area contributed by atoms with Crippen molar-refractivity contribution < 1.29 is 14.3 Å². The van der Waals surface area contributed by atoms with Crippen molar-refractivity contribution in [1.82, 2.24) is 0 Å². The first-order chi connectivity index (χ1) is 8.76. The number of ether oxygens (including phenoxy) is 1. The third-order valence-corrected chi connectivity index (χ3v) is 5.45. The molecule has 4 nitrogen and oxygen atoms in total. The molecular weight excluding hydrogens is 282 g/mol. The molecule has 0 bridgehead atoms. The fraction of sp³-hybridized carbons (Fsp3) is 0.846. The number of hydrogen-bond acceptors (Lipinski definition) is 6. The summed E-state index contributed by atoms with van der Waals surface area (Å²) in [6.07, 6.45) is 1.15. The molecule has 0 amide bonds. The molecule has 0 rings (SSSR count). The van der Waals surface area contributed by atoms with Crippen molar-refractivity contribution in [3.05, 3.63) is 0 Å². The minimum Gasteiger partial charge on any atom is -0.466 e.